The fourth-order valence-corrected chi connectivity index (χ4v) is 7.33. The lowest BCUT2D eigenvalue weighted by atomic mass is 10.4. The van der Waals surface area contributed by atoms with Crippen molar-refractivity contribution < 1.29 is 41.8 Å². The van der Waals surface area contributed by atoms with E-state index in [-0.39, 0.29) is 37.6 Å². The summed E-state index contributed by atoms with van der Waals surface area (Å²) in [6.45, 7) is 28.5. The molecule has 0 bridgehead atoms. The van der Waals surface area contributed by atoms with E-state index in [1.54, 1.807) is 41.5 Å². The molecule has 11 heteroatoms. The van der Waals surface area contributed by atoms with E-state index in [9.17, 15) is 9.59 Å². The fraction of sp³-hybridized carbons (Fsp3) is 0.500. The van der Waals surface area contributed by atoms with Crippen molar-refractivity contribution in [3.8, 4) is 0 Å². The van der Waals surface area contributed by atoms with Crippen molar-refractivity contribution in [3.63, 3.8) is 0 Å². The minimum atomic E-state index is -3.84. The number of hydrogen-bond donors (Lipinski definition) is 0. The molecule has 0 aliphatic heterocycles. The van der Waals surface area contributed by atoms with E-state index in [1.807, 2.05) is 0 Å². The highest BCUT2D eigenvalue weighted by Gasteiger charge is 2.64. The van der Waals surface area contributed by atoms with E-state index in [1.165, 1.54) is 0 Å². The average molecular weight is 529 g/mol. The first-order valence-corrected chi connectivity index (χ1v) is 13.8. The molecule has 198 valence electrons. The maximum atomic E-state index is 11.8. The van der Waals surface area contributed by atoms with Gasteiger partial charge in [-0.1, -0.05) is 32.9 Å². The predicted molar refractivity (Wildman–Crippen MR) is 139 cm³/mol. The summed E-state index contributed by atoms with van der Waals surface area (Å²) in [5.74, 6) is -0.0632. The molecular formula is C24H40O9Si2. The molecule has 0 aromatic rings. The number of carbonyl (C=O) groups is 2. The number of hydrogen-bond acceptors (Lipinski definition) is 9. The van der Waals surface area contributed by atoms with Crippen LogP contribution in [-0.4, -0.2) is 68.4 Å². The van der Waals surface area contributed by atoms with Gasteiger partial charge in [0.2, 0.25) is 0 Å². The Labute approximate surface area is 213 Å². The Morgan fingerprint density at radius 3 is 1.46 bits per heavy atom. The van der Waals surface area contributed by atoms with E-state index in [2.05, 4.69) is 32.9 Å². The van der Waals surface area contributed by atoms with E-state index < -0.39 is 31.7 Å². The van der Waals surface area contributed by atoms with Crippen molar-refractivity contribution >= 4 is 31.0 Å². The van der Waals surface area contributed by atoms with E-state index in [0.717, 1.165) is 0 Å². The SMILES string of the molecule is C=C(C)O[Si](OC(=C)C)(OC(=C)C)C(OCCOC(=O)C(=C)C)C(C)([SiH3])OCCOC(=O)C(=C)C. The summed E-state index contributed by atoms with van der Waals surface area (Å²) in [5, 5.41) is -0.972. The first kappa shape index (κ1) is 32.4. The Kier molecular flexibility index (Phi) is 13.6. The molecule has 0 fully saturated rings. The highest BCUT2D eigenvalue weighted by molar-refractivity contribution is 6.64. The summed E-state index contributed by atoms with van der Waals surface area (Å²) in [5.41, 5.74) is -0.352. The van der Waals surface area contributed by atoms with Crippen molar-refractivity contribution in [1.82, 2.24) is 0 Å². The average Bonchev–Trinajstić information content (AvgIpc) is 2.68. The van der Waals surface area contributed by atoms with Gasteiger partial charge in [0.05, 0.1) is 35.7 Å². The molecule has 0 rings (SSSR count). The normalized spacial score (nSPS) is 13.5. The second kappa shape index (κ2) is 14.7. The molecule has 2 unspecified atom stereocenters. The molecular weight excluding hydrogens is 488 g/mol. The zero-order valence-electron chi connectivity index (χ0n) is 22.1. The third-order valence-corrected chi connectivity index (χ3v) is 8.78. The Morgan fingerprint density at radius 1 is 0.743 bits per heavy atom. The smallest absolute Gasteiger partial charge is 0.487 e. The molecule has 0 saturated heterocycles. The molecule has 0 aromatic carbocycles. The van der Waals surface area contributed by atoms with Crippen molar-refractivity contribution in [1.29, 1.82) is 0 Å². The molecule has 2 atom stereocenters. The number of ether oxygens (including phenoxy) is 4. The highest BCUT2D eigenvalue weighted by Crippen LogP contribution is 2.32. The van der Waals surface area contributed by atoms with E-state index in [4.69, 9.17) is 32.2 Å². The van der Waals surface area contributed by atoms with Crippen LogP contribution in [0.15, 0.2) is 61.3 Å². The third-order valence-electron chi connectivity index (χ3n) is 3.99. The van der Waals surface area contributed by atoms with Crippen molar-refractivity contribution in [2.45, 2.75) is 52.5 Å². The fourth-order valence-electron chi connectivity index (χ4n) is 2.74. The first-order valence-electron chi connectivity index (χ1n) is 11.0. The van der Waals surface area contributed by atoms with Crippen LogP contribution in [0.1, 0.15) is 41.5 Å². The summed E-state index contributed by atoms with van der Waals surface area (Å²) >= 11 is 0. The lowest BCUT2D eigenvalue weighted by molar-refractivity contribution is -0.147. The minimum absolute atomic E-state index is 0.00501. The maximum Gasteiger partial charge on any atom is 0.732 e. The number of esters is 2. The summed E-state index contributed by atoms with van der Waals surface area (Å²) < 4.78 is 40.8. The predicted octanol–water partition coefficient (Wildman–Crippen LogP) is 2.84. The Balaban J connectivity index is 6.01. The van der Waals surface area contributed by atoms with E-state index in [0.29, 0.717) is 27.5 Å². The molecule has 0 heterocycles. The Bertz CT molecular complexity index is 792. The van der Waals surface area contributed by atoms with E-state index >= 15 is 0 Å². The molecule has 0 saturated carbocycles. The van der Waals surface area contributed by atoms with Gasteiger partial charge in [0.15, 0.2) is 5.73 Å². The third kappa shape index (κ3) is 12.1. The largest absolute Gasteiger partial charge is 0.732 e. The monoisotopic (exact) mass is 528 g/mol. The molecule has 0 aromatic heterocycles. The van der Waals surface area contributed by atoms with Crippen LogP contribution < -0.4 is 0 Å². The van der Waals surface area contributed by atoms with Gasteiger partial charge < -0.3 is 32.2 Å². The molecule has 0 aliphatic rings. The second-order valence-electron chi connectivity index (χ2n) is 8.55. The molecule has 0 aliphatic carbocycles. The zero-order chi connectivity index (χ0) is 27.4. The van der Waals surface area contributed by atoms with Gasteiger partial charge in [-0.15, -0.1) is 0 Å². The number of carbonyl (C=O) groups excluding carboxylic acids is 2. The summed E-state index contributed by atoms with van der Waals surface area (Å²) in [6, 6.07) is 0. The van der Waals surface area contributed by atoms with Crippen molar-refractivity contribution in [2.24, 2.45) is 0 Å². The Morgan fingerprint density at radius 2 is 1.11 bits per heavy atom. The number of allylic oxidation sites excluding steroid dienone is 3. The van der Waals surface area contributed by atoms with Crippen molar-refractivity contribution in [2.75, 3.05) is 26.4 Å². The van der Waals surface area contributed by atoms with Gasteiger partial charge >= 0.3 is 20.7 Å². The summed E-state index contributed by atoms with van der Waals surface area (Å²) in [7, 11) is -3.43. The van der Waals surface area contributed by atoms with Gasteiger partial charge in [0.1, 0.15) is 13.2 Å². The van der Waals surface area contributed by atoms with Gasteiger partial charge in [0.25, 0.3) is 0 Å². The van der Waals surface area contributed by atoms with Crippen LogP contribution in [0, 0.1) is 0 Å². The van der Waals surface area contributed by atoms with Crippen LogP contribution in [0.3, 0.4) is 0 Å². The molecule has 0 N–H and O–H groups in total. The zero-order valence-corrected chi connectivity index (χ0v) is 25.1. The quantitative estimate of drug-likeness (QED) is 0.0874. The maximum absolute atomic E-state index is 11.8. The summed E-state index contributed by atoms with van der Waals surface area (Å²) in [4.78, 5) is 23.4. The van der Waals surface area contributed by atoms with Gasteiger partial charge in [-0.3, -0.25) is 0 Å². The van der Waals surface area contributed by atoms with Crippen LogP contribution in [0.2, 0.25) is 0 Å². The van der Waals surface area contributed by atoms with Crippen LogP contribution in [0.5, 0.6) is 0 Å². The van der Waals surface area contributed by atoms with Gasteiger partial charge in [-0.2, -0.15) is 0 Å². The molecule has 35 heavy (non-hydrogen) atoms. The van der Waals surface area contributed by atoms with Gasteiger partial charge in [-0.05, 0) is 41.5 Å². The second-order valence-corrected chi connectivity index (χ2v) is 12.9. The van der Waals surface area contributed by atoms with Crippen LogP contribution in [0.25, 0.3) is 0 Å². The lowest BCUT2D eigenvalue weighted by Gasteiger charge is -2.42. The molecule has 0 spiro atoms. The molecule has 0 radical (unpaired) electrons. The molecule has 9 nitrogen and oxygen atoms in total. The van der Waals surface area contributed by atoms with Crippen molar-refractivity contribution in [3.05, 3.63) is 61.3 Å². The van der Waals surface area contributed by atoms with Gasteiger partial charge in [-0.25, -0.2) is 9.59 Å². The first-order chi connectivity index (χ1) is 16.0. The minimum Gasteiger partial charge on any atom is -0.487 e. The number of rotatable bonds is 18. The lowest BCUT2D eigenvalue weighted by Crippen LogP contribution is -2.66. The highest BCUT2D eigenvalue weighted by atomic mass is 28.4. The molecule has 0 amide bonds. The Hall–Kier alpha value is -2.61. The topological polar surface area (TPSA) is 98.8 Å². The van der Waals surface area contributed by atoms with Crippen LogP contribution >= 0.6 is 0 Å². The summed E-state index contributed by atoms with van der Waals surface area (Å²) in [6.07, 6.45) is 0. The van der Waals surface area contributed by atoms with Crippen LogP contribution in [0.4, 0.5) is 0 Å². The standard InChI is InChI=1S/C24H40O9Si2/c1-16(2)21(25)27-12-13-29-23(24(11,34)30-15-14-28-22(26)17(3)4)35(31-18(5)6,32-19(7)8)33-20(9)10/h23H,1,3,5,7,9,12-15H2,2,4,6,8,10-11,34H3. The van der Waals surface area contributed by atoms with Gasteiger partial charge in [0, 0.05) is 21.4 Å². The van der Waals surface area contributed by atoms with Crippen LogP contribution in [-0.2, 0) is 41.8 Å².